The molecule has 1 saturated carbocycles. The SMILES string of the molecule is O=C(COC(=O)C1CCC1)c1ccc(C(=O)O)nc1. The van der Waals surface area contributed by atoms with Crippen LogP contribution in [0.15, 0.2) is 18.3 Å². The predicted octanol–water partition coefficient (Wildman–Crippen LogP) is 1.31. The van der Waals surface area contributed by atoms with E-state index in [2.05, 4.69) is 4.98 Å². The summed E-state index contributed by atoms with van der Waals surface area (Å²) in [5.74, 6) is -1.96. The van der Waals surface area contributed by atoms with E-state index in [1.807, 2.05) is 0 Å². The van der Waals surface area contributed by atoms with Gasteiger partial charge in [-0.3, -0.25) is 9.59 Å². The van der Waals surface area contributed by atoms with Crippen molar-refractivity contribution in [2.45, 2.75) is 19.3 Å². The van der Waals surface area contributed by atoms with Gasteiger partial charge in [-0.25, -0.2) is 9.78 Å². The first-order valence-corrected chi connectivity index (χ1v) is 5.97. The number of aromatic carboxylic acids is 1. The Morgan fingerprint density at radius 3 is 2.53 bits per heavy atom. The predicted molar refractivity (Wildman–Crippen MR) is 63.8 cm³/mol. The molecule has 0 radical (unpaired) electrons. The van der Waals surface area contributed by atoms with Crippen LogP contribution >= 0.6 is 0 Å². The van der Waals surface area contributed by atoms with Gasteiger partial charge in [0.15, 0.2) is 6.61 Å². The van der Waals surface area contributed by atoms with E-state index in [0.29, 0.717) is 0 Å². The number of ketones is 1. The number of Topliss-reactive ketones (excluding diaryl/α,β-unsaturated/α-hetero) is 1. The molecule has 0 unspecified atom stereocenters. The van der Waals surface area contributed by atoms with Crippen LogP contribution in [0.5, 0.6) is 0 Å². The van der Waals surface area contributed by atoms with Crippen molar-refractivity contribution in [1.29, 1.82) is 0 Å². The van der Waals surface area contributed by atoms with Crippen LogP contribution in [0.25, 0.3) is 0 Å². The van der Waals surface area contributed by atoms with Crippen LogP contribution in [0.2, 0.25) is 0 Å². The number of carboxylic acids is 1. The Morgan fingerprint density at radius 2 is 2.05 bits per heavy atom. The van der Waals surface area contributed by atoms with Crippen LogP contribution in [-0.2, 0) is 9.53 Å². The van der Waals surface area contributed by atoms with E-state index in [-0.39, 0.29) is 29.8 Å². The zero-order valence-electron chi connectivity index (χ0n) is 10.2. The van der Waals surface area contributed by atoms with E-state index < -0.39 is 11.8 Å². The molecular weight excluding hydrogens is 250 g/mol. The highest BCUT2D eigenvalue weighted by atomic mass is 16.5. The molecule has 1 aliphatic rings. The van der Waals surface area contributed by atoms with Crippen molar-refractivity contribution in [3.05, 3.63) is 29.6 Å². The number of ether oxygens (including phenoxy) is 1. The summed E-state index contributed by atoms with van der Waals surface area (Å²) in [6.45, 7) is -0.330. The van der Waals surface area contributed by atoms with Crippen LogP contribution in [-0.4, -0.2) is 34.4 Å². The third kappa shape index (κ3) is 3.15. The van der Waals surface area contributed by atoms with Gasteiger partial charge in [0, 0.05) is 11.8 Å². The van der Waals surface area contributed by atoms with Crippen LogP contribution < -0.4 is 0 Å². The largest absolute Gasteiger partial charge is 0.477 e. The van der Waals surface area contributed by atoms with Gasteiger partial charge in [0.05, 0.1) is 5.92 Å². The molecule has 0 aliphatic heterocycles. The Kier molecular flexibility index (Phi) is 3.89. The lowest BCUT2D eigenvalue weighted by atomic mass is 9.86. The lowest BCUT2D eigenvalue weighted by Gasteiger charge is -2.22. The zero-order chi connectivity index (χ0) is 13.8. The fourth-order valence-corrected chi connectivity index (χ4v) is 1.67. The van der Waals surface area contributed by atoms with Crippen molar-refractivity contribution in [3.8, 4) is 0 Å². The zero-order valence-corrected chi connectivity index (χ0v) is 10.2. The van der Waals surface area contributed by atoms with E-state index >= 15 is 0 Å². The lowest BCUT2D eigenvalue weighted by molar-refractivity contribution is -0.150. The Bertz CT molecular complexity index is 504. The van der Waals surface area contributed by atoms with E-state index in [9.17, 15) is 14.4 Å². The summed E-state index contributed by atoms with van der Waals surface area (Å²) in [5, 5.41) is 8.67. The maximum absolute atomic E-state index is 11.7. The summed E-state index contributed by atoms with van der Waals surface area (Å²) in [6, 6.07) is 2.60. The normalized spacial score (nSPS) is 14.5. The topological polar surface area (TPSA) is 93.6 Å². The number of rotatable bonds is 5. The Morgan fingerprint density at radius 1 is 1.32 bits per heavy atom. The van der Waals surface area contributed by atoms with E-state index in [4.69, 9.17) is 9.84 Å². The second-order valence-electron chi connectivity index (χ2n) is 4.40. The molecule has 0 amide bonds. The molecule has 1 heterocycles. The molecule has 0 aromatic carbocycles. The first-order chi connectivity index (χ1) is 9.08. The van der Waals surface area contributed by atoms with Crippen LogP contribution in [0, 0.1) is 5.92 Å². The molecule has 19 heavy (non-hydrogen) atoms. The number of aromatic nitrogens is 1. The van der Waals surface area contributed by atoms with Crippen molar-refractivity contribution < 1.29 is 24.2 Å². The highest BCUT2D eigenvalue weighted by Crippen LogP contribution is 2.27. The van der Waals surface area contributed by atoms with Gasteiger partial charge in [-0.05, 0) is 25.0 Å². The minimum Gasteiger partial charge on any atom is -0.477 e. The molecule has 100 valence electrons. The third-order valence-corrected chi connectivity index (χ3v) is 3.09. The number of carbonyl (C=O) groups excluding carboxylic acids is 2. The van der Waals surface area contributed by atoms with E-state index in [0.717, 1.165) is 19.3 Å². The molecule has 2 rings (SSSR count). The maximum Gasteiger partial charge on any atom is 0.354 e. The summed E-state index contributed by atoms with van der Waals surface area (Å²) in [7, 11) is 0. The van der Waals surface area contributed by atoms with Gasteiger partial charge in [-0.1, -0.05) is 6.42 Å². The lowest BCUT2D eigenvalue weighted by Crippen LogP contribution is -2.26. The second kappa shape index (κ2) is 5.60. The number of carboxylic acid groups (broad SMARTS) is 1. The Hall–Kier alpha value is -2.24. The van der Waals surface area contributed by atoms with Crippen LogP contribution in [0.4, 0.5) is 0 Å². The molecule has 1 aromatic heterocycles. The van der Waals surface area contributed by atoms with Gasteiger partial charge in [0.2, 0.25) is 5.78 Å². The molecule has 6 nitrogen and oxygen atoms in total. The minimum absolute atomic E-state index is 0.0692. The molecule has 1 aromatic rings. The number of hydrogen-bond donors (Lipinski definition) is 1. The minimum atomic E-state index is -1.16. The van der Waals surface area contributed by atoms with Gasteiger partial charge >= 0.3 is 11.9 Å². The first-order valence-electron chi connectivity index (χ1n) is 5.97. The fourth-order valence-electron chi connectivity index (χ4n) is 1.67. The smallest absolute Gasteiger partial charge is 0.354 e. The molecule has 0 bridgehead atoms. The highest BCUT2D eigenvalue weighted by Gasteiger charge is 2.27. The van der Waals surface area contributed by atoms with Crippen molar-refractivity contribution in [2.75, 3.05) is 6.61 Å². The van der Waals surface area contributed by atoms with Gasteiger partial charge in [-0.2, -0.15) is 0 Å². The number of pyridine rings is 1. The quantitative estimate of drug-likeness (QED) is 0.635. The molecule has 0 atom stereocenters. The summed E-state index contributed by atoms with van der Waals surface area (Å²) in [4.78, 5) is 37.4. The highest BCUT2D eigenvalue weighted by molar-refractivity contribution is 5.98. The van der Waals surface area contributed by atoms with Crippen molar-refractivity contribution in [2.24, 2.45) is 5.92 Å². The Labute approximate surface area is 109 Å². The number of carbonyl (C=O) groups is 3. The summed E-state index contributed by atoms with van der Waals surface area (Å²) >= 11 is 0. The van der Waals surface area contributed by atoms with E-state index in [1.54, 1.807) is 0 Å². The van der Waals surface area contributed by atoms with E-state index in [1.165, 1.54) is 18.3 Å². The summed E-state index contributed by atoms with van der Waals surface area (Å²) in [6.07, 6.45) is 3.83. The van der Waals surface area contributed by atoms with Crippen LogP contribution in [0.3, 0.4) is 0 Å². The van der Waals surface area contributed by atoms with Gasteiger partial charge in [-0.15, -0.1) is 0 Å². The van der Waals surface area contributed by atoms with Gasteiger partial charge in [0.25, 0.3) is 0 Å². The molecular formula is C13H13NO5. The summed E-state index contributed by atoms with van der Waals surface area (Å²) in [5.41, 5.74) is 0.0921. The molecule has 6 heteroatoms. The molecule has 1 N–H and O–H groups in total. The molecule has 0 spiro atoms. The van der Waals surface area contributed by atoms with Gasteiger partial charge < -0.3 is 9.84 Å². The standard InChI is InChI=1S/C13H13NO5/c15-11(7-19-13(18)8-2-1-3-8)9-4-5-10(12(16)17)14-6-9/h4-6,8H,1-3,7H2,(H,16,17). The molecule has 0 saturated heterocycles. The maximum atomic E-state index is 11.7. The molecule has 1 fully saturated rings. The number of nitrogens with zero attached hydrogens (tertiary/aromatic N) is 1. The van der Waals surface area contributed by atoms with Crippen molar-refractivity contribution >= 4 is 17.7 Å². The fraction of sp³-hybridized carbons (Fsp3) is 0.385. The van der Waals surface area contributed by atoms with Crippen molar-refractivity contribution in [1.82, 2.24) is 4.98 Å². The first kappa shape index (κ1) is 13.2. The van der Waals surface area contributed by atoms with Crippen molar-refractivity contribution in [3.63, 3.8) is 0 Å². The van der Waals surface area contributed by atoms with Gasteiger partial charge in [0.1, 0.15) is 5.69 Å². The number of hydrogen-bond acceptors (Lipinski definition) is 5. The summed E-state index contributed by atoms with van der Waals surface area (Å²) < 4.78 is 4.91. The monoisotopic (exact) mass is 263 g/mol. The van der Waals surface area contributed by atoms with Crippen LogP contribution in [0.1, 0.15) is 40.1 Å². The molecule has 1 aliphatic carbocycles. The third-order valence-electron chi connectivity index (χ3n) is 3.09. The number of esters is 1. The average Bonchev–Trinajstić information content (AvgIpc) is 2.34. The Balaban J connectivity index is 1.88. The second-order valence-corrected chi connectivity index (χ2v) is 4.40. The average molecular weight is 263 g/mol.